The van der Waals surface area contributed by atoms with Crippen molar-refractivity contribution in [3.8, 4) is 0 Å². The molecule has 1 amide bonds. The molecule has 0 radical (unpaired) electrons. The molecule has 0 bridgehead atoms. The largest absolute Gasteiger partial charge is 0.395 e. The fraction of sp³-hybridized carbons (Fsp3) is 0.375. The summed E-state index contributed by atoms with van der Waals surface area (Å²) in [7, 11) is 3.87. The molecule has 31 heavy (non-hydrogen) atoms. The highest BCUT2D eigenvalue weighted by molar-refractivity contribution is 7.10. The van der Waals surface area contributed by atoms with Gasteiger partial charge in [0.25, 0.3) is 5.91 Å². The average molecular weight is 447 g/mol. The number of anilines is 1. The molecule has 0 spiro atoms. The number of allylic oxidation sites excluding steroid dienone is 2. The number of fused-ring (bicyclic) bond motifs is 1. The van der Waals surface area contributed by atoms with Crippen LogP contribution in [0.15, 0.2) is 59.5 Å². The fourth-order valence-corrected chi connectivity index (χ4v) is 5.31. The van der Waals surface area contributed by atoms with Crippen LogP contribution in [0.4, 0.5) is 18.9 Å². The molecule has 1 aliphatic heterocycles. The standard InChI is InChI=1S/C24H25F3N2OS/c1-15-14-17(6-9-20(15)24(25,26)27)22-19-11-13-31-21(19)10-12-29(22)23(30)16-4-7-18(8-5-16)28(2)3/h4-9,11,13-15,20,22H,10,12H2,1-3H3. The van der Waals surface area contributed by atoms with E-state index in [9.17, 15) is 18.0 Å². The monoisotopic (exact) mass is 446 g/mol. The second-order valence-corrected chi connectivity index (χ2v) is 9.34. The lowest BCUT2D eigenvalue weighted by Crippen LogP contribution is -2.41. The number of carbonyl (C=O) groups is 1. The number of rotatable bonds is 3. The number of alkyl halides is 3. The molecule has 2 aromatic rings. The van der Waals surface area contributed by atoms with Crippen molar-refractivity contribution in [1.29, 1.82) is 0 Å². The summed E-state index contributed by atoms with van der Waals surface area (Å²) in [5.41, 5.74) is 3.35. The predicted molar refractivity (Wildman–Crippen MR) is 119 cm³/mol. The molecule has 3 nitrogen and oxygen atoms in total. The van der Waals surface area contributed by atoms with Crippen LogP contribution in [-0.2, 0) is 6.42 Å². The second kappa shape index (κ2) is 8.19. The number of carbonyl (C=O) groups excluding carboxylic acids is 1. The van der Waals surface area contributed by atoms with Crippen molar-refractivity contribution in [2.24, 2.45) is 11.8 Å². The zero-order valence-electron chi connectivity index (χ0n) is 17.7. The maximum Gasteiger partial charge on any atom is 0.395 e. The van der Waals surface area contributed by atoms with Crippen LogP contribution in [0.5, 0.6) is 0 Å². The number of hydrogen-bond donors (Lipinski definition) is 0. The Balaban J connectivity index is 1.68. The average Bonchev–Trinajstić information content (AvgIpc) is 3.20. The smallest absolute Gasteiger partial charge is 0.378 e. The van der Waals surface area contributed by atoms with Crippen LogP contribution in [0.2, 0.25) is 0 Å². The summed E-state index contributed by atoms with van der Waals surface area (Å²) in [4.78, 5) is 18.4. The maximum absolute atomic E-state index is 13.5. The summed E-state index contributed by atoms with van der Waals surface area (Å²) >= 11 is 1.64. The van der Waals surface area contributed by atoms with Gasteiger partial charge in [-0.1, -0.05) is 25.2 Å². The number of hydrogen-bond acceptors (Lipinski definition) is 3. The quantitative estimate of drug-likeness (QED) is 0.589. The van der Waals surface area contributed by atoms with Gasteiger partial charge in [-0.15, -0.1) is 11.3 Å². The topological polar surface area (TPSA) is 23.6 Å². The zero-order chi connectivity index (χ0) is 22.3. The zero-order valence-corrected chi connectivity index (χ0v) is 18.5. The van der Waals surface area contributed by atoms with Gasteiger partial charge in [0.1, 0.15) is 0 Å². The second-order valence-electron chi connectivity index (χ2n) is 8.34. The van der Waals surface area contributed by atoms with Crippen LogP contribution in [0.1, 0.15) is 33.8 Å². The molecule has 1 aromatic carbocycles. The Bertz CT molecular complexity index is 1020. The molecule has 1 aliphatic carbocycles. The van der Waals surface area contributed by atoms with E-state index in [0.717, 1.165) is 23.2 Å². The molecular weight excluding hydrogens is 421 g/mol. The van der Waals surface area contributed by atoms with Gasteiger partial charge in [-0.25, -0.2) is 0 Å². The lowest BCUT2D eigenvalue weighted by molar-refractivity contribution is -0.169. The first kappa shape index (κ1) is 21.7. The summed E-state index contributed by atoms with van der Waals surface area (Å²) in [6.45, 7) is 2.12. The molecule has 0 fully saturated rings. The fourth-order valence-electron chi connectivity index (χ4n) is 4.40. The SMILES string of the molecule is CC1C=C(C2c3ccsc3CCN2C(=O)c2ccc(N(C)C)cc2)C=CC1C(F)(F)F. The Morgan fingerprint density at radius 1 is 1.16 bits per heavy atom. The highest BCUT2D eigenvalue weighted by atomic mass is 32.1. The molecule has 2 heterocycles. The Morgan fingerprint density at radius 2 is 1.87 bits per heavy atom. The number of nitrogens with zero attached hydrogens (tertiary/aromatic N) is 2. The van der Waals surface area contributed by atoms with E-state index in [2.05, 4.69) is 0 Å². The van der Waals surface area contributed by atoms with Gasteiger partial charge >= 0.3 is 6.18 Å². The maximum atomic E-state index is 13.5. The highest BCUT2D eigenvalue weighted by Gasteiger charge is 2.43. The molecule has 0 N–H and O–H groups in total. The van der Waals surface area contributed by atoms with Gasteiger partial charge in [0.15, 0.2) is 0 Å². The van der Waals surface area contributed by atoms with E-state index >= 15 is 0 Å². The van der Waals surface area contributed by atoms with E-state index in [0.29, 0.717) is 12.1 Å². The van der Waals surface area contributed by atoms with E-state index in [1.165, 1.54) is 11.0 Å². The Hall–Kier alpha value is -2.54. The van der Waals surface area contributed by atoms with Gasteiger partial charge in [0.05, 0.1) is 12.0 Å². The number of benzene rings is 1. The van der Waals surface area contributed by atoms with Gasteiger partial charge in [0.2, 0.25) is 0 Å². The summed E-state index contributed by atoms with van der Waals surface area (Å²) in [5, 5.41) is 1.99. The Morgan fingerprint density at radius 3 is 2.48 bits per heavy atom. The van der Waals surface area contributed by atoms with Gasteiger partial charge in [-0.05, 0) is 59.2 Å². The normalized spacial score (nSPS) is 23.4. The lowest BCUT2D eigenvalue weighted by Gasteiger charge is -2.38. The van der Waals surface area contributed by atoms with Gasteiger partial charge in [-0.2, -0.15) is 13.2 Å². The van der Waals surface area contributed by atoms with E-state index in [-0.39, 0.29) is 11.9 Å². The lowest BCUT2D eigenvalue weighted by atomic mass is 9.82. The van der Waals surface area contributed by atoms with Crippen LogP contribution >= 0.6 is 11.3 Å². The van der Waals surface area contributed by atoms with E-state index < -0.39 is 18.0 Å². The van der Waals surface area contributed by atoms with Crippen molar-refractivity contribution in [3.05, 3.63) is 75.5 Å². The predicted octanol–water partition coefficient (Wildman–Crippen LogP) is 5.86. The van der Waals surface area contributed by atoms with Crippen molar-refractivity contribution < 1.29 is 18.0 Å². The molecule has 0 saturated heterocycles. The first-order valence-corrected chi connectivity index (χ1v) is 11.2. The minimum Gasteiger partial charge on any atom is -0.378 e. The third-order valence-electron chi connectivity index (χ3n) is 6.07. The van der Waals surface area contributed by atoms with Gasteiger partial charge < -0.3 is 9.80 Å². The van der Waals surface area contributed by atoms with Crippen LogP contribution in [0.3, 0.4) is 0 Å². The number of amides is 1. The Labute approximate surface area is 184 Å². The first-order valence-electron chi connectivity index (χ1n) is 10.3. The van der Waals surface area contributed by atoms with Gasteiger partial charge in [-0.3, -0.25) is 4.79 Å². The molecule has 2 aliphatic rings. The molecule has 3 unspecified atom stereocenters. The van der Waals surface area contributed by atoms with Crippen LogP contribution in [0.25, 0.3) is 0 Å². The third kappa shape index (κ3) is 4.15. The van der Waals surface area contributed by atoms with Crippen LogP contribution in [-0.4, -0.2) is 37.6 Å². The highest BCUT2D eigenvalue weighted by Crippen LogP contribution is 2.44. The first-order chi connectivity index (χ1) is 14.7. The molecule has 4 rings (SSSR count). The van der Waals surface area contributed by atoms with Crippen LogP contribution in [0, 0.1) is 11.8 Å². The molecule has 3 atom stereocenters. The molecule has 1 aromatic heterocycles. The van der Waals surface area contributed by atoms with E-state index in [4.69, 9.17) is 0 Å². The van der Waals surface area contributed by atoms with Crippen molar-refractivity contribution >= 4 is 22.9 Å². The molecule has 0 saturated carbocycles. The third-order valence-corrected chi connectivity index (χ3v) is 7.07. The summed E-state index contributed by atoms with van der Waals surface area (Å²) in [6.07, 6.45) is 0.968. The number of thiophene rings is 1. The Kier molecular flexibility index (Phi) is 5.73. The van der Waals surface area contributed by atoms with Crippen molar-refractivity contribution in [3.63, 3.8) is 0 Å². The molecular formula is C24H25F3N2OS. The minimum atomic E-state index is -4.28. The number of halogens is 3. The minimum absolute atomic E-state index is 0.105. The summed E-state index contributed by atoms with van der Waals surface area (Å²) in [6, 6.07) is 9.05. The molecule has 164 valence electrons. The van der Waals surface area contributed by atoms with Crippen LogP contribution < -0.4 is 4.90 Å². The van der Waals surface area contributed by atoms with Crippen molar-refractivity contribution in [1.82, 2.24) is 4.90 Å². The van der Waals surface area contributed by atoms with E-state index in [1.54, 1.807) is 35.3 Å². The summed E-state index contributed by atoms with van der Waals surface area (Å²) in [5.74, 6) is -2.28. The molecule has 7 heteroatoms. The van der Waals surface area contributed by atoms with Crippen molar-refractivity contribution in [2.75, 3.05) is 25.5 Å². The summed E-state index contributed by atoms with van der Waals surface area (Å²) < 4.78 is 40.0. The van der Waals surface area contributed by atoms with E-state index in [1.807, 2.05) is 54.7 Å². The van der Waals surface area contributed by atoms with Crippen molar-refractivity contribution in [2.45, 2.75) is 25.6 Å². The van der Waals surface area contributed by atoms with Gasteiger partial charge in [0, 0.05) is 36.8 Å².